The molecule has 1 fully saturated rings. The minimum atomic E-state index is -0.351. The number of fused-ring (bicyclic) bond motifs is 1. The summed E-state index contributed by atoms with van der Waals surface area (Å²) in [5, 5.41) is 5.88. The van der Waals surface area contributed by atoms with Crippen molar-refractivity contribution >= 4 is 10.9 Å². The van der Waals surface area contributed by atoms with Gasteiger partial charge >= 0.3 is 0 Å². The first-order chi connectivity index (χ1) is 10.9. The lowest BCUT2D eigenvalue weighted by Crippen LogP contribution is -2.18. The molecule has 4 heteroatoms. The van der Waals surface area contributed by atoms with E-state index in [0.29, 0.717) is 0 Å². The predicted octanol–water partition coefficient (Wildman–Crippen LogP) is 3.52. The first-order valence-corrected chi connectivity index (χ1v) is 7.64. The summed E-state index contributed by atoms with van der Waals surface area (Å²) in [6.07, 6.45) is 0.592. The molecule has 2 aromatic carbocycles. The SMILES string of the molecule is c1ccc(Cn2nc(C3OCCCO3)c3ccccc32)cc1. The van der Waals surface area contributed by atoms with Gasteiger partial charge in [-0.2, -0.15) is 5.10 Å². The lowest BCUT2D eigenvalue weighted by Gasteiger charge is -2.21. The number of aromatic nitrogens is 2. The van der Waals surface area contributed by atoms with Gasteiger partial charge in [-0.25, -0.2) is 0 Å². The van der Waals surface area contributed by atoms with E-state index in [0.717, 1.165) is 42.8 Å². The van der Waals surface area contributed by atoms with Gasteiger partial charge < -0.3 is 9.47 Å². The average molecular weight is 294 g/mol. The Labute approximate surface area is 129 Å². The second-order valence-electron chi connectivity index (χ2n) is 5.47. The molecule has 0 unspecified atom stereocenters. The summed E-state index contributed by atoms with van der Waals surface area (Å²) in [4.78, 5) is 0. The summed E-state index contributed by atoms with van der Waals surface area (Å²) < 4.78 is 13.5. The molecule has 4 nitrogen and oxygen atoms in total. The van der Waals surface area contributed by atoms with Crippen LogP contribution < -0.4 is 0 Å². The quantitative estimate of drug-likeness (QED) is 0.741. The van der Waals surface area contributed by atoms with E-state index in [2.05, 4.69) is 36.4 Å². The molecule has 0 bridgehead atoms. The summed E-state index contributed by atoms with van der Waals surface area (Å²) in [7, 11) is 0. The molecule has 1 aliphatic heterocycles. The van der Waals surface area contributed by atoms with Gasteiger partial charge in [0.25, 0.3) is 0 Å². The molecule has 0 N–H and O–H groups in total. The van der Waals surface area contributed by atoms with Crippen molar-refractivity contribution in [2.24, 2.45) is 0 Å². The molecule has 0 aliphatic carbocycles. The molecule has 2 heterocycles. The smallest absolute Gasteiger partial charge is 0.203 e. The molecule has 112 valence electrons. The summed E-state index contributed by atoms with van der Waals surface area (Å²) in [5.41, 5.74) is 3.22. The summed E-state index contributed by atoms with van der Waals surface area (Å²) in [6, 6.07) is 18.6. The molecule has 4 rings (SSSR count). The van der Waals surface area contributed by atoms with Gasteiger partial charge in [-0.3, -0.25) is 4.68 Å². The maximum Gasteiger partial charge on any atom is 0.203 e. The minimum Gasteiger partial charge on any atom is -0.347 e. The standard InChI is InChI=1S/C18H18N2O2/c1-2-7-14(8-3-1)13-20-16-10-5-4-9-15(16)17(19-20)18-21-11-6-12-22-18/h1-5,7-10,18H,6,11-13H2. The van der Waals surface area contributed by atoms with Crippen LogP contribution in [0.25, 0.3) is 10.9 Å². The second-order valence-corrected chi connectivity index (χ2v) is 5.47. The topological polar surface area (TPSA) is 36.3 Å². The average Bonchev–Trinajstić information content (AvgIpc) is 2.96. The van der Waals surface area contributed by atoms with Crippen LogP contribution in [-0.4, -0.2) is 23.0 Å². The van der Waals surface area contributed by atoms with Gasteiger partial charge in [0.05, 0.1) is 25.3 Å². The van der Waals surface area contributed by atoms with E-state index in [1.165, 1.54) is 5.56 Å². The summed E-state index contributed by atoms with van der Waals surface area (Å²) in [5.74, 6) is 0. The van der Waals surface area contributed by atoms with Crippen molar-refractivity contribution in [2.45, 2.75) is 19.3 Å². The first kappa shape index (κ1) is 13.5. The van der Waals surface area contributed by atoms with Gasteiger partial charge in [0, 0.05) is 5.39 Å². The fourth-order valence-electron chi connectivity index (χ4n) is 2.85. The molecule has 3 aromatic rings. The Hall–Kier alpha value is -2.17. The van der Waals surface area contributed by atoms with Gasteiger partial charge in [-0.1, -0.05) is 48.5 Å². The zero-order chi connectivity index (χ0) is 14.8. The maximum absolute atomic E-state index is 5.74. The molecule has 1 aliphatic rings. The van der Waals surface area contributed by atoms with Crippen LogP contribution >= 0.6 is 0 Å². The third-order valence-electron chi connectivity index (χ3n) is 3.91. The van der Waals surface area contributed by atoms with E-state index in [1.54, 1.807) is 0 Å². The Kier molecular flexibility index (Phi) is 3.62. The lowest BCUT2D eigenvalue weighted by atomic mass is 10.2. The minimum absolute atomic E-state index is 0.351. The second kappa shape index (κ2) is 5.91. The molecule has 22 heavy (non-hydrogen) atoms. The Balaban J connectivity index is 1.75. The van der Waals surface area contributed by atoms with Crippen molar-refractivity contribution in [3.05, 3.63) is 65.9 Å². The van der Waals surface area contributed by atoms with Crippen LogP contribution in [0.2, 0.25) is 0 Å². The van der Waals surface area contributed by atoms with Gasteiger partial charge in [-0.05, 0) is 18.1 Å². The van der Waals surface area contributed by atoms with Crippen LogP contribution in [0.5, 0.6) is 0 Å². The van der Waals surface area contributed by atoms with Crippen LogP contribution in [0.3, 0.4) is 0 Å². The van der Waals surface area contributed by atoms with Crippen molar-refractivity contribution < 1.29 is 9.47 Å². The fraction of sp³-hybridized carbons (Fsp3) is 0.278. The molecule has 1 aromatic heterocycles. The molecule has 0 amide bonds. The monoisotopic (exact) mass is 294 g/mol. The first-order valence-electron chi connectivity index (χ1n) is 7.64. The summed E-state index contributed by atoms with van der Waals surface area (Å²) >= 11 is 0. The lowest BCUT2D eigenvalue weighted by molar-refractivity contribution is -0.184. The Bertz CT molecular complexity index is 761. The van der Waals surface area contributed by atoms with Crippen LogP contribution in [0.15, 0.2) is 54.6 Å². The predicted molar refractivity (Wildman–Crippen MR) is 84.5 cm³/mol. The van der Waals surface area contributed by atoms with E-state index in [1.807, 2.05) is 22.9 Å². The van der Waals surface area contributed by atoms with Crippen LogP contribution in [0, 0.1) is 0 Å². The van der Waals surface area contributed by atoms with Crippen molar-refractivity contribution in [1.29, 1.82) is 0 Å². The number of hydrogen-bond acceptors (Lipinski definition) is 3. The fourth-order valence-corrected chi connectivity index (χ4v) is 2.85. The number of para-hydroxylation sites is 1. The van der Waals surface area contributed by atoms with Gasteiger partial charge in [0.15, 0.2) is 0 Å². The molecular formula is C18H18N2O2. The van der Waals surface area contributed by atoms with E-state index in [-0.39, 0.29) is 6.29 Å². The third kappa shape index (κ3) is 2.51. The van der Waals surface area contributed by atoms with Crippen molar-refractivity contribution in [2.75, 3.05) is 13.2 Å². The van der Waals surface area contributed by atoms with E-state index >= 15 is 0 Å². The highest BCUT2D eigenvalue weighted by Gasteiger charge is 2.23. The van der Waals surface area contributed by atoms with Crippen LogP contribution in [0.4, 0.5) is 0 Å². The third-order valence-corrected chi connectivity index (χ3v) is 3.91. The largest absolute Gasteiger partial charge is 0.347 e. The Morgan fingerprint density at radius 1 is 0.955 bits per heavy atom. The molecule has 1 saturated heterocycles. The molecule has 0 spiro atoms. The molecule has 0 saturated carbocycles. The van der Waals surface area contributed by atoms with Crippen molar-refractivity contribution in [3.63, 3.8) is 0 Å². The number of hydrogen-bond donors (Lipinski definition) is 0. The Morgan fingerprint density at radius 3 is 2.50 bits per heavy atom. The van der Waals surface area contributed by atoms with Crippen LogP contribution in [-0.2, 0) is 16.0 Å². The van der Waals surface area contributed by atoms with Gasteiger partial charge in [0.1, 0.15) is 5.69 Å². The van der Waals surface area contributed by atoms with E-state index in [9.17, 15) is 0 Å². The molecule has 0 radical (unpaired) electrons. The highest BCUT2D eigenvalue weighted by Crippen LogP contribution is 2.29. The molecular weight excluding hydrogens is 276 g/mol. The number of benzene rings is 2. The van der Waals surface area contributed by atoms with Crippen molar-refractivity contribution in [3.8, 4) is 0 Å². The van der Waals surface area contributed by atoms with Gasteiger partial charge in [0.2, 0.25) is 6.29 Å². The molecule has 0 atom stereocenters. The Morgan fingerprint density at radius 2 is 1.68 bits per heavy atom. The maximum atomic E-state index is 5.74. The highest BCUT2D eigenvalue weighted by molar-refractivity contribution is 5.82. The normalized spacial score (nSPS) is 16.2. The zero-order valence-electron chi connectivity index (χ0n) is 12.3. The zero-order valence-corrected chi connectivity index (χ0v) is 12.3. The number of rotatable bonds is 3. The van der Waals surface area contributed by atoms with Crippen LogP contribution in [0.1, 0.15) is 24.0 Å². The highest BCUT2D eigenvalue weighted by atomic mass is 16.7. The number of ether oxygens (including phenoxy) is 2. The number of nitrogens with zero attached hydrogens (tertiary/aromatic N) is 2. The van der Waals surface area contributed by atoms with E-state index < -0.39 is 0 Å². The van der Waals surface area contributed by atoms with E-state index in [4.69, 9.17) is 14.6 Å². The van der Waals surface area contributed by atoms with Gasteiger partial charge in [-0.15, -0.1) is 0 Å². The van der Waals surface area contributed by atoms with Crippen molar-refractivity contribution in [1.82, 2.24) is 9.78 Å². The summed E-state index contributed by atoms with van der Waals surface area (Å²) in [6.45, 7) is 2.20.